The number of ether oxygens (including phenoxy) is 4. The summed E-state index contributed by atoms with van der Waals surface area (Å²) in [7, 11) is 4.46. The van der Waals surface area contributed by atoms with Crippen molar-refractivity contribution in [1.29, 1.82) is 0 Å². The van der Waals surface area contributed by atoms with Gasteiger partial charge in [-0.1, -0.05) is 43.3 Å². The molecule has 0 saturated carbocycles. The maximum absolute atomic E-state index is 13.8. The Balaban J connectivity index is 2.34. The number of para-hydroxylation sites is 1. The molecule has 1 unspecified atom stereocenters. The quantitative estimate of drug-likeness (QED) is 0.246. The van der Waals surface area contributed by atoms with Gasteiger partial charge in [-0.2, -0.15) is 0 Å². The lowest BCUT2D eigenvalue weighted by atomic mass is 10.2. The summed E-state index contributed by atoms with van der Waals surface area (Å²) >= 11 is 1.20. The standard InChI is InChI=1S/C24H28N2O6S/c1-6-11-18(23(28)32-7-2)33-24-25-19-16(14-17(29-3)20(30-4)21(19)31-5)22(27)26(24)15-12-9-8-10-13-15/h8-10,12-14,18H,6-7,11H2,1-5H3. The third kappa shape index (κ3) is 4.93. The van der Waals surface area contributed by atoms with Gasteiger partial charge in [-0.25, -0.2) is 4.98 Å². The molecule has 33 heavy (non-hydrogen) atoms. The van der Waals surface area contributed by atoms with Crippen LogP contribution in [0.4, 0.5) is 0 Å². The van der Waals surface area contributed by atoms with E-state index in [1.807, 2.05) is 37.3 Å². The number of carbonyl (C=O) groups excluding carboxylic acids is 1. The number of hydrogen-bond donors (Lipinski definition) is 0. The zero-order chi connectivity index (χ0) is 24.0. The van der Waals surface area contributed by atoms with Gasteiger partial charge < -0.3 is 18.9 Å². The average molecular weight is 473 g/mol. The van der Waals surface area contributed by atoms with Crippen molar-refractivity contribution in [3.8, 4) is 22.9 Å². The molecular weight excluding hydrogens is 444 g/mol. The Morgan fingerprint density at radius 1 is 1.06 bits per heavy atom. The van der Waals surface area contributed by atoms with Crippen molar-refractivity contribution < 1.29 is 23.7 Å². The number of carbonyl (C=O) groups is 1. The van der Waals surface area contributed by atoms with Crippen molar-refractivity contribution in [3.05, 3.63) is 46.8 Å². The average Bonchev–Trinajstić information content (AvgIpc) is 2.83. The van der Waals surface area contributed by atoms with Crippen LogP contribution >= 0.6 is 11.8 Å². The molecule has 1 atom stereocenters. The molecule has 3 aromatic rings. The molecule has 0 aliphatic carbocycles. The molecular formula is C24H28N2O6S. The highest BCUT2D eigenvalue weighted by molar-refractivity contribution is 8.00. The predicted molar refractivity (Wildman–Crippen MR) is 128 cm³/mol. The van der Waals surface area contributed by atoms with Crippen LogP contribution in [-0.4, -0.2) is 48.7 Å². The van der Waals surface area contributed by atoms with Gasteiger partial charge in [0.1, 0.15) is 10.8 Å². The molecule has 0 radical (unpaired) electrons. The van der Waals surface area contributed by atoms with Gasteiger partial charge in [-0.3, -0.25) is 14.2 Å². The minimum atomic E-state index is -0.514. The summed E-state index contributed by atoms with van der Waals surface area (Å²) in [6.07, 6.45) is 1.35. The molecule has 0 spiro atoms. The third-order valence-electron chi connectivity index (χ3n) is 5.00. The second-order valence-corrected chi connectivity index (χ2v) is 8.23. The highest BCUT2D eigenvalue weighted by atomic mass is 32.2. The molecule has 0 saturated heterocycles. The number of aromatic nitrogens is 2. The van der Waals surface area contributed by atoms with Gasteiger partial charge in [0.25, 0.3) is 5.56 Å². The van der Waals surface area contributed by atoms with Crippen LogP contribution in [0.5, 0.6) is 17.2 Å². The van der Waals surface area contributed by atoms with Crippen molar-refractivity contribution in [2.45, 2.75) is 37.1 Å². The molecule has 1 aromatic heterocycles. The minimum absolute atomic E-state index is 0.279. The molecule has 0 N–H and O–H groups in total. The summed E-state index contributed by atoms with van der Waals surface area (Å²) in [6.45, 7) is 4.04. The van der Waals surface area contributed by atoms with E-state index in [-0.39, 0.29) is 23.9 Å². The van der Waals surface area contributed by atoms with Crippen molar-refractivity contribution in [2.75, 3.05) is 27.9 Å². The van der Waals surface area contributed by atoms with Gasteiger partial charge in [0.15, 0.2) is 16.7 Å². The van der Waals surface area contributed by atoms with E-state index in [0.29, 0.717) is 39.7 Å². The second kappa shape index (κ2) is 11.1. The number of rotatable bonds is 10. The Kier molecular flexibility index (Phi) is 8.21. The van der Waals surface area contributed by atoms with E-state index in [2.05, 4.69) is 0 Å². The van der Waals surface area contributed by atoms with Gasteiger partial charge in [0.05, 0.1) is 39.0 Å². The number of hydrogen-bond acceptors (Lipinski definition) is 8. The molecule has 0 fully saturated rings. The van der Waals surface area contributed by atoms with Crippen LogP contribution in [0.2, 0.25) is 0 Å². The van der Waals surface area contributed by atoms with Crippen LogP contribution < -0.4 is 19.8 Å². The van der Waals surface area contributed by atoms with E-state index in [4.69, 9.17) is 23.9 Å². The van der Waals surface area contributed by atoms with Gasteiger partial charge in [0, 0.05) is 0 Å². The van der Waals surface area contributed by atoms with E-state index >= 15 is 0 Å². The topological polar surface area (TPSA) is 88.9 Å². The lowest BCUT2D eigenvalue weighted by Gasteiger charge is -2.19. The van der Waals surface area contributed by atoms with Crippen LogP contribution in [0.3, 0.4) is 0 Å². The molecule has 2 aromatic carbocycles. The number of nitrogens with zero attached hydrogens (tertiary/aromatic N) is 2. The van der Waals surface area contributed by atoms with Crippen LogP contribution in [0.15, 0.2) is 46.3 Å². The number of fused-ring (bicyclic) bond motifs is 1. The van der Waals surface area contributed by atoms with E-state index in [1.54, 1.807) is 13.0 Å². The highest BCUT2D eigenvalue weighted by Gasteiger charge is 2.27. The molecule has 0 aliphatic rings. The summed E-state index contributed by atoms with van der Waals surface area (Å²) in [5.74, 6) is 0.645. The Labute approximate surface area is 196 Å². The Hall–Kier alpha value is -3.20. The lowest BCUT2D eigenvalue weighted by molar-refractivity contribution is -0.142. The van der Waals surface area contributed by atoms with Crippen LogP contribution in [0.25, 0.3) is 16.6 Å². The number of benzene rings is 2. The van der Waals surface area contributed by atoms with Crippen molar-refractivity contribution >= 4 is 28.6 Å². The minimum Gasteiger partial charge on any atom is -0.493 e. The van der Waals surface area contributed by atoms with Crippen molar-refractivity contribution in [2.24, 2.45) is 0 Å². The second-order valence-electron chi connectivity index (χ2n) is 7.06. The molecule has 3 rings (SSSR count). The van der Waals surface area contributed by atoms with E-state index in [1.165, 1.54) is 37.7 Å². The predicted octanol–water partition coefficient (Wildman–Crippen LogP) is 4.24. The van der Waals surface area contributed by atoms with Gasteiger partial charge in [0.2, 0.25) is 5.75 Å². The number of esters is 1. The molecule has 176 valence electrons. The molecule has 8 nitrogen and oxygen atoms in total. The lowest BCUT2D eigenvalue weighted by Crippen LogP contribution is -2.25. The first-order valence-electron chi connectivity index (χ1n) is 10.6. The fraction of sp³-hybridized carbons (Fsp3) is 0.375. The molecule has 9 heteroatoms. The van der Waals surface area contributed by atoms with Gasteiger partial charge in [-0.05, 0) is 31.5 Å². The van der Waals surface area contributed by atoms with E-state index < -0.39 is 5.25 Å². The number of thioether (sulfide) groups is 1. The van der Waals surface area contributed by atoms with E-state index in [9.17, 15) is 9.59 Å². The van der Waals surface area contributed by atoms with Crippen LogP contribution in [0.1, 0.15) is 26.7 Å². The molecule has 0 amide bonds. The first kappa shape index (κ1) is 24.4. The fourth-order valence-corrected chi connectivity index (χ4v) is 4.71. The summed E-state index contributed by atoms with van der Waals surface area (Å²) < 4.78 is 23.2. The molecule has 1 heterocycles. The zero-order valence-corrected chi connectivity index (χ0v) is 20.2. The van der Waals surface area contributed by atoms with Crippen molar-refractivity contribution in [1.82, 2.24) is 9.55 Å². The van der Waals surface area contributed by atoms with E-state index in [0.717, 1.165) is 6.42 Å². The van der Waals surface area contributed by atoms with Gasteiger partial charge in [-0.15, -0.1) is 0 Å². The smallest absolute Gasteiger partial charge is 0.319 e. The number of methoxy groups -OCH3 is 3. The fourth-order valence-electron chi connectivity index (χ4n) is 3.50. The molecule has 0 aliphatic heterocycles. The first-order chi connectivity index (χ1) is 16.0. The Bertz CT molecular complexity index is 1180. The van der Waals surface area contributed by atoms with Gasteiger partial charge >= 0.3 is 5.97 Å². The normalized spacial score (nSPS) is 11.8. The monoisotopic (exact) mass is 472 g/mol. The van der Waals surface area contributed by atoms with Crippen LogP contribution in [-0.2, 0) is 9.53 Å². The summed E-state index contributed by atoms with van der Waals surface area (Å²) in [5.41, 5.74) is 0.647. The summed E-state index contributed by atoms with van der Waals surface area (Å²) in [5, 5.41) is 0.150. The highest BCUT2D eigenvalue weighted by Crippen LogP contribution is 2.42. The molecule has 0 bridgehead atoms. The summed E-state index contributed by atoms with van der Waals surface area (Å²) in [4.78, 5) is 31.2. The largest absolute Gasteiger partial charge is 0.493 e. The Morgan fingerprint density at radius 2 is 1.76 bits per heavy atom. The maximum atomic E-state index is 13.8. The first-order valence-corrected chi connectivity index (χ1v) is 11.5. The SMILES string of the molecule is CCCC(Sc1nc2c(OC)c(OC)c(OC)cc2c(=O)n1-c1ccccc1)C(=O)OCC. The zero-order valence-electron chi connectivity index (χ0n) is 19.4. The Morgan fingerprint density at radius 3 is 2.33 bits per heavy atom. The van der Waals surface area contributed by atoms with Crippen molar-refractivity contribution in [3.63, 3.8) is 0 Å². The summed E-state index contributed by atoms with van der Waals surface area (Å²) in [6, 6.07) is 10.8. The third-order valence-corrected chi connectivity index (χ3v) is 6.20. The maximum Gasteiger partial charge on any atom is 0.319 e. The van der Waals surface area contributed by atoms with Crippen LogP contribution in [0, 0.1) is 0 Å².